The van der Waals surface area contributed by atoms with Crippen molar-refractivity contribution in [1.82, 2.24) is 9.55 Å². The van der Waals surface area contributed by atoms with Crippen molar-refractivity contribution in [2.24, 2.45) is 0 Å². The monoisotopic (exact) mass is 522 g/mol. The summed E-state index contributed by atoms with van der Waals surface area (Å²) in [6.07, 6.45) is 3.07. The molecule has 0 saturated carbocycles. The molecular weight excluding hydrogens is 500 g/mol. The van der Waals surface area contributed by atoms with Crippen molar-refractivity contribution in [3.63, 3.8) is 0 Å². The number of hydrogen-bond donors (Lipinski definition) is 0. The number of rotatable bonds is 5. The first kappa shape index (κ1) is 22.5. The molecular formula is C30H22N2O3S2. The molecule has 0 radical (unpaired) electrons. The number of benzene rings is 3. The van der Waals surface area contributed by atoms with Gasteiger partial charge in [0.15, 0.2) is 5.16 Å². The van der Waals surface area contributed by atoms with E-state index in [2.05, 4.69) is 12.1 Å². The highest BCUT2D eigenvalue weighted by Crippen LogP contribution is 2.37. The van der Waals surface area contributed by atoms with Crippen molar-refractivity contribution in [3.8, 4) is 0 Å². The van der Waals surface area contributed by atoms with Crippen molar-refractivity contribution in [3.05, 3.63) is 115 Å². The zero-order valence-electron chi connectivity index (χ0n) is 19.9. The first-order chi connectivity index (χ1) is 18.2. The summed E-state index contributed by atoms with van der Waals surface area (Å²) in [5, 5.41) is 4.51. The molecule has 7 heteroatoms. The third-order valence-electron chi connectivity index (χ3n) is 7.04. The minimum atomic E-state index is -0.377. The Labute approximate surface area is 220 Å². The van der Waals surface area contributed by atoms with Crippen molar-refractivity contribution < 1.29 is 4.42 Å². The largest absolute Gasteiger partial charge is 0.423 e. The normalized spacial score (nSPS) is 13.1. The highest BCUT2D eigenvalue weighted by Gasteiger charge is 2.24. The lowest BCUT2D eigenvalue weighted by Gasteiger charge is -2.13. The molecule has 5 nitrogen and oxygen atoms in total. The predicted molar refractivity (Wildman–Crippen MR) is 151 cm³/mol. The molecule has 1 aliphatic carbocycles. The zero-order chi connectivity index (χ0) is 24.9. The van der Waals surface area contributed by atoms with Gasteiger partial charge in [-0.1, -0.05) is 72.4 Å². The number of hydrogen-bond acceptors (Lipinski definition) is 6. The molecule has 1 aliphatic rings. The van der Waals surface area contributed by atoms with Crippen LogP contribution in [0.1, 0.15) is 28.0 Å². The standard InChI is InChI=1S/C30H22N2O3S2/c33-25-15-20(26-21-10-5-4-9-19(21)13-14-23(26)35-25)17-36-30-31-28-27(22-11-6-12-24(22)37-28)29(34)32(30)16-18-7-2-1-3-8-18/h1-5,7-10,13-15H,6,11-12,16-17H2. The summed E-state index contributed by atoms with van der Waals surface area (Å²) in [7, 11) is 0. The van der Waals surface area contributed by atoms with E-state index in [0.29, 0.717) is 23.0 Å². The molecule has 0 saturated heterocycles. The second kappa shape index (κ2) is 9.01. The Hall–Kier alpha value is -3.68. The average Bonchev–Trinajstić information content (AvgIpc) is 3.50. The lowest BCUT2D eigenvalue weighted by atomic mass is 10.0. The molecule has 3 aromatic carbocycles. The first-order valence-corrected chi connectivity index (χ1v) is 14.1. The average molecular weight is 523 g/mol. The van der Waals surface area contributed by atoms with E-state index in [4.69, 9.17) is 9.40 Å². The summed E-state index contributed by atoms with van der Waals surface area (Å²) < 4.78 is 7.35. The zero-order valence-corrected chi connectivity index (χ0v) is 21.5. The van der Waals surface area contributed by atoms with Crippen LogP contribution in [-0.2, 0) is 25.1 Å². The van der Waals surface area contributed by atoms with Crippen LogP contribution in [0.3, 0.4) is 0 Å². The predicted octanol–water partition coefficient (Wildman–Crippen LogP) is 6.55. The Morgan fingerprint density at radius 2 is 1.78 bits per heavy atom. The summed E-state index contributed by atoms with van der Waals surface area (Å²) >= 11 is 3.15. The number of aromatic nitrogens is 2. The van der Waals surface area contributed by atoms with E-state index in [9.17, 15) is 9.59 Å². The van der Waals surface area contributed by atoms with E-state index in [-0.39, 0.29) is 11.2 Å². The summed E-state index contributed by atoms with van der Waals surface area (Å²) in [6, 6.07) is 23.5. The van der Waals surface area contributed by atoms with Crippen molar-refractivity contribution in [1.29, 1.82) is 0 Å². The van der Waals surface area contributed by atoms with Crippen LogP contribution in [0, 0.1) is 0 Å². The maximum atomic E-state index is 13.9. The Balaban J connectivity index is 1.37. The molecule has 182 valence electrons. The van der Waals surface area contributed by atoms with Gasteiger partial charge in [-0.05, 0) is 52.8 Å². The highest BCUT2D eigenvalue weighted by molar-refractivity contribution is 7.98. The molecule has 6 aromatic rings. The van der Waals surface area contributed by atoms with Crippen molar-refractivity contribution in [2.75, 3.05) is 0 Å². The van der Waals surface area contributed by atoms with Crippen LogP contribution in [0.2, 0.25) is 0 Å². The van der Waals surface area contributed by atoms with E-state index in [1.54, 1.807) is 22.0 Å². The fraction of sp³-hybridized carbons (Fsp3) is 0.167. The molecule has 0 spiro atoms. The van der Waals surface area contributed by atoms with Gasteiger partial charge in [-0.15, -0.1) is 11.3 Å². The summed E-state index contributed by atoms with van der Waals surface area (Å²) in [5.74, 6) is 0.494. The molecule has 0 atom stereocenters. The molecule has 0 N–H and O–H groups in total. The maximum absolute atomic E-state index is 13.9. The van der Waals surface area contributed by atoms with E-state index >= 15 is 0 Å². The van der Waals surface area contributed by atoms with Crippen molar-refractivity contribution in [2.45, 2.75) is 36.7 Å². The van der Waals surface area contributed by atoms with Crippen LogP contribution in [0.4, 0.5) is 0 Å². The number of fused-ring (bicyclic) bond motifs is 6. The molecule has 7 rings (SSSR count). The van der Waals surface area contributed by atoms with E-state index in [0.717, 1.165) is 56.8 Å². The van der Waals surface area contributed by atoms with Gasteiger partial charge in [0.05, 0.1) is 11.9 Å². The van der Waals surface area contributed by atoms with Gasteiger partial charge < -0.3 is 4.42 Å². The van der Waals surface area contributed by atoms with E-state index in [1.165, 1.54) is 22.2 Å². The summed E-state index contributed by atoms with van der Waals surface area (Å²) in [5.41, 5.74) is 3.34. The van der Waals surface area contributed by atoms with E-state index < -0.39 is 0 Å². The lowest BCUT2D eigenvalue weighted by molar-refractivity contribution is 0.560. The molecule has 0 aliphatic heterocycles. The molecule has 37 heavy (non-hydrogen) atoms. The molecule has 0 bridgehead atoms. The van der Waals surface area contributed by atoms with Crippen LogP contribution in [0.5, 0.6) is 0 Å². The fourth-order valence-electron chi connectivity index (χ4n) is 5.35. The van der Waals surface area contributed by atoms with Gasteiger partial charge >= 0.3 is 5.63 Å². The third kappa shape index (κ3) is 3.90. The number of thiophene rings is 1. The molecule has 3 aromatic heterocycles. The second-order valence-corrected chi connectivity index (χ2v) is 11.4. The van der Waals surface area contributed by atoms with Gasteiger partial charge in [0.25, 0.3) is 5.56 Å². The third-order valence-corrected chi connectivity index (χ3v) is 9.26. The van der Waals surface area contributed by atoms with Crippen molar-refractivity contribution >= 4 is 55.1 Å². The van der Waals surface area contributed by atoms with E-state index in [1.807, 2.05) is 54.6 Å². The Kier molecular flexibility index (Phi) is 5.48. The summed E-state index contributed by atoms with van der Waals surface area (Å²) in [4.78, 5) is 33.4. The van der Waals surface area contributed by atoms with Gasteiger partial charge in [-0.2, -0.15) is 0 Å². The van der Waals surface area contributed by atoms with Crippen LogP contribution in [0.15, 0.2) is 92.0 Å². The van der Waals surface area contributed by atoms with Crippen LogP contribution >= 0.6 is 23.1 Å². The van der Waals surface area contributed by atoms with Gasteiger partial charge in [0.1, 0.15) is 10.4 Å². The Morgan fingerprint density at radius 3 is 2.68 bits per heavy atom. The minimum absolute atomic E-state index is 0.0265. The van der Waals surface area contributed by atoms with Crippen LogP contribution in [-0.4, -0.2) is 9.55 Å². The smallest absolute Gasteiger partial charge is 0.336 e. The topological polar surface area (TPSA) is 65.1 Å². The Bertz CT molecular complexity index is 1940. The van der Waals surface area contributed by atoms with Gasteiger partial charge in [-0.25, -0.2) is 9.78 Å². The quantitative estimate of drug-likeness (QED) is 0.111. The second-order valence-electron chi connectivity index (χ2n) is 9.35. The SMILES string of the molecule is O=c1cc(CSc2nc3sc4c(c3c(=O)n2Cc2ccccc2)CCC4)c2c(ccc3ccccc32)o1. The molecule has 0 amide bonds. The van der Waals surface area contributed by atoms with Gasteiger partial charge in [-0.3, -0.25) is 9.36 Å². The van der Waals surface area contributed by atoms with Gasteiger partial charge in [0, 0.05) is 22.1 Å². The lowest BCUT2D eigenvalue weighted by Crippen LogP contribution is -2.24. The molecule has 0 unspecified atom stereocenters. The van der Waals surface area contributed by atoms with Gasteiger partial charge in [0.2, 0.25) is 0 Å². The number of thioether (sulfide) groups is 1. The van der Waals surface area contributed by atoms with Crippen LogP contribution < -0.4 is 11.2 Å². The minimum Gasteiger partial charge on any atom is -0.423 e. The fourth-order valence-corrected chi connectivity index (χ4v) is 7.63. The maximum Gasteiger partial charge on any atom is 0.336 e. The molecule has 3 heterocycles. The van der Waals surface area contributed by atoms with Crippen LogP contribution in [0.25, 0.3) is 32.0 Å². The Morgan fingerprint density at radius 1 is 0.946 bits per heavy atom. The summed E-state index contributed by atoms with van der Waals surface area (Å²) in [6.45, 7) is 0.455. The highest BCUT2D eigenvalue weighted by atomic mass is 32.2. The number of aryl methyl sites for hydroxylation is 2. The first-order valence-electron chi connectivity index (χ1n) is 12.3. The number of nitrogens with zero attached hydrogens (tertiary/aromatic N) is 2. The molecule has 0 fully saturated rings.